The minimum atomic E-state index is 1.24. The van der Waals surface area contributed by atoms with Crippen molar-refractivity contribution >= 4 is 0 Å². The van der Waals surface area contributed by atoms with Gasteiger partial charge in [0.2, 0.25) is 0 Å². The minimum Gasteiger partial charge on any atom is -0.303 e. The molecule has 1 fully saturated rings. The zero-order chi connectivity index (χ0) is 9.64. The second-order valence-electron chi connectivity index (χ2n) is 4.41. The summed E-state index contributed by atoms with van der Waals surface area (Å²) in [7, 11) is 0. The smallest absolute Gasteiger partial charge is 0.00217 e. The first kappa shape index (κ1) is 9.97. The standard InChI is InChI=1S/C13H21N/c1-3-7-13(8-4-1)9-12-14-10-5-2-6-11-14/h3,7-8H,1-2,4-6,9-12H2. The summed E-state index contributed by atoms with van der Waals surface area (Å²) in [4.78, 5) is 2.62. The zero-order valence-corrected chi connectivity index (χ0v) is 9.04. The first-order chi connectivity index (χ1) is 6.95. The Balaban J connectivity index is 1.70. The van der Waals surface area contributed by atoms with Crippen molar-refractivity contribution in [1.29, 1.82) is 0 Å². The molecule has 14 heavy (non-hydrogen) atoms. The average molecular weight is 191 g/mol. The molecule has 1 aliphatic heterocycles. The van der Waals surface area contributed by atoms with Gasteiger partial charge in [0.15, 0.2) is 0 Å². The highest BCUT2D eigenvalue weighted by Gasteiger charge is 2.09. The molecule has 0 bridgehead atoms. The molecule has 0 radical (unpaired) electrons. The number of hydrogen-bond acceptors (Lipinski definition) is 1. The molecule has 1 aliphatic carbocycles. The predicted molar refractivity (Wildman–Crippen MR) is 61.4 cm³/mol. The van der Waals surface area contributed by atoms with Crippen molar-refractivity contribution in [2.75, 3.05) is 19.6 Å². The largest absolute Gasteiger partial charge is 0.303 e. The molecule has 2 rings (SSSR count). The van der Waals surface area contributed by atoms with E-state index in [9.17, 15) is 0 Å². The zero-order valence-electron chi connectivity index (χ0n) is 9.04. The van der Waals surface area contributed by atoms with E-state index in [1.165, 1.54) is 58.2 Å². The number of nitrogens with zero attached hydrogens (tertiary/aromatic N) is 1. The Hall–Kier alpha value is -0.560. The minimum absolute atomic E-state index is 1.24. The van der Waals surface area contributed by atoms with Crippen LogP contribution in [-0.2, 0) is 0 Å². The summed E-state index contributed by atoms with van der Waals surface area (Å²) in [6.45, 7) is 3.93. The monoisotopic (exact) mass is 191 g/mol. The second kappa shape index (κ2) is 5.35. The number of rotatable bonds is 3. The molecule has 0 aromatic heterocycles. The molecule has 0 spiro atoms. The van der Waals surface area contributed by atoms with Gasteiger partial charge in [-0.1, -0.05) is 30.2 Å². The summed E-state index contributed by atoms with van der Waals surface area (Å²) in [6, 6.07) is 0. The van der Waals surface area contributed by atoms with Gasteiger partial charge in [-0.2, -0.15) is 0 Å². The highest BCUT2D eigenvalue weighted by atomic mass is 15.1. The van der Waals surface area contributed by atoms with Crippen molar-refractivity contribution in [2.24, 2.45) is 0 Å². The molecule has 0 unspecified atom stereocenters. The lowest BCUT2D eigenvalue weighted by Crippen LogP contribution is -2.30. The Morgan fingerprint density at radius 2 is 1.93 bits per heavy atom. The Kier molecular flexibility index (Phi) is 3.81. The molecule has 78 valence electrons. The Labute approximate surface area is 87.5 Å². The lowest BCUT2D eigenvalue weighted by molar-refractivity contribution is 0.232. The van der Waals surface area contributed by atoms with Crippen molar-refractivity contribution in [3.63, 3.8) is 0 Å². The fraction of sp³-hybridized carbons (Fsp3) is 0.692. The topological polar surface area (TPSA) is 3.24 Å². The molecule has 2 aliphatic rings. The third-order valence-electron chi connectivity index (χ3n) is 3.24. The van der Waals surface area contributed by atoms with Gasteiger partial charge in [-0.3, -0.25) is 0 Å². The van der Waals surface area contributed by atoms with Crippen LogP contribution in [0.4, 0.5) is 0 Å². The average Bonchev–Trinajstić information content (AvgIpc) is 2.29. The van der Waals surface area contributed by atoms with Gasteiger partial charge in [-0.25, -0.2) is 0 Å². The summed E-state index contributed by atoms with van der Waals surface area (Å²) < 4.78 is 0. The van der Waals surface area contributed by atoms with Crippen LogP contribution in [0.2, 0.25) is 0 Å². The maximum atomic E-state index is 2.62. The molecular weight excluding hydrogens is 170 g/mol. The van der Waals surface area contributed by atoms with Crippen molar-refractivity contribution in [2.45, 2.75) is 38.5 Å². The summed E-state index contributed by atoms with van der Waals surface area (Å²) in [6.07, 6.45) is 15.1. The van der Waals surface area contributed by atoms with Gasteiger partial charge in [-0.15, -0.1) is 0 Å². The molecule has 0 aromatic carbocycles. The Morgan fingerprint density at radius 3 is 2.64 bits per heavy atom. The molecule has 1 heterocycles. The third kappa shape index (κ3) is 2.98. The van der Waals surface area contributed by atoms with Crippen LogP contribution >= 0.6 is 0 Å². The van der Waals surface area contributed by atoms with E-state index >= 15 is 0 Å². The Morgan fingerprint density at radius 1 is 1.07 bits per heavy atom. The van der Waals surface area contributed by atoms with Crippen LogP contribution in [0.25, 0.3) is 0 Å². The molecule has 1 nitrogen and oxygen atoms in total. The van der Waals surface area contributed by atoms with E-state index in [2.05, 4.69) is 23.1 Å². The normalized spacial score (nSPS) is 23.6. The van der Waals surface area contributed by atoms with E-state index < -0.39 is 0 Å². The summed E-state index contributed by atoms with van der Waals surface area (Å²) in [5, 5.41) is 0. The van der Waals surface area contributed by atoms with Crippen LogP contribution in [0.1, 0.15) is 38.5 Å². The molecule has 0 saturated carbocycles. The van der Waals surface area contributed by atoms with E-state index in [-0.39, 0.29) is 0 Å². The van der Waals surface area contributed by atoms with Crippen LogP contribution in [0, 0.1) is 0 Å². The van der Waals surface area contributed by atoms with Gasteiger partial charge in [0.1, 0.15) is 0 Å². The van der Waals surface area contributed by atoms with Crippen molar-refractivity contribution in [1.82, 2.24) is 4.90 Å². The van der Waals surface area contributed by atoms with E-state index in [0.29, 0.717) is 0 Å². The van der Waals surface area contributed by atoms with Gasteiger partial charge in [-0.05, 0) is 45.2 Å². The van der Waals surface area contributed by atoms with Crippen LogP contribution in [0.5, 0.6) is 0 Å². The van der Waals surface area contributed by atoms with E-state index in [1.54, 1.807) is 5.57 Å². The molecule has 0 aromatic rings. The quantitative estimate of drug-likeness (QED) is 0.662. The lowest BCUT2D eigenvalue weighted by atomic mass is 10.0. The van der Waals surface area contributed by atoms with Crippen molar-refractivity contribution in [3.8, 4) is 0 Å². The highest BCUT2D eigenvalue weighted by Crippen LogP contribution is 2.15. The maximum Gasteiger partial charge on any atom is 0.00217 e. The van der Waals surface area contributed by atoms with Gasteiger partial charge in [0.05, 0.1) is 0 Å². The van der Waals surface area contributed by atoms with Crippen LogP contribution in [0.3, 0.4) is 0 Å². The summed E-state index contributed by atoms with van der Waals surface area (Å²) in [5.41, 5.74) is 1.56. The summed E-state index contributed by atoms with van der Waals surface area (Å²) in [5.74, 6) is 0. The molecule has 0 atom stereocenters. The van der Waals surface area contributed by atoms with Crippen molar-refractivity contribution in [3.05, 3.63) is 23.8 Å². The van der Waals surface area contributed by atoms with Crippen molar-refractivity contribution < 1.29 is 0 Å². The van der Waals surface area contributed by atoms with Gasteiger partial charge in [0.25, 0.3) is 0 Å². The predicted octanol–water partition coefficient (Wildman–Crippen LogP) is 3.14. The van der Waals surface area contributed by atoms with Crippen LogP contribution in [0.15, 0.2) is 23.8 Å². The maximum absolute atomic E-state index is 2.62. The van der Waals surface area contributed by atoms with Gasteiger partial charge < -0.3 is 4.90 Å². The van der Waals surface area contributed by atoms with Crippen LogP contribution < -0.4 is 0 Å². The number of hydrogen-bond donors (Lipinski definition) is 0. The first-order valence-corrected chi connectivity index (χ1v) is 6.03. The SMILES string of the molecule is C1=CC(CCN2CCCCC2)=CCC1. The van der Waals surface area contributed by atoms with E-state index in [4.69, 9.17) is 0 Å². The molecule has 0 N–H and O–H groups in total. The number of allylic oxidation sites excluding steroid dienone is 3. The number of likely N-dealkylation sites (tertiary alicyclic amines) is 1. The first-order valence-electron chi connectivity index (χ1n) is 6.03. The summed E-state index contributed by atoms with van der Waals surface area (Å²) >= 11 is 0. The molecular formula is C13H21N. The number of piperidine rings is 1. The second-order valence-corrected chi connectivity index (χ2v) is 4.41. The van der Waals surface area contributed by atoms with Gasteiger partial charge >= 0.3 is 0 Å². The molecule has 0 amide bonds. The van der Waals surface area contributed by atoms with Crippen LogP contribution in [-0.4, -0.2) is 24.5 Å². The molecule has 1 heteroatoms. The van der Waals surface area contributed by atoms with Gasteiger partial charge in [0, 0.05) is 6.54 Å². The van der Waals surface area contributed by atoms with E-state index in [1.807, 2.05) is 0 Å². The fourth-order valence-corrected chi connectivity index (χ4v) is 2.32. The highest BCUT2D eigenvalue weighted by molar-refractivity contribution is 5.22. The molecule has 1 saturated heterocycles. The Bertz CT molecular complexity index is 221. The fourth-order valence-electron chi connectivity index (χ4n) is 2.32. The lowest BCUT2D eigenvalue weighted by Gasteiger charge is -2.26. The third-order valence-corrected chi connectivity index (χ3v) is 3.24. The van der Waals surface area contributed by atoms with E-state index in [0.717, 1.165) is 0 Å².